The van der Waals surface area contributed by atoms with E-state index >= 15 is 0 Å². The molecule has 0 amide bonds. The van der Waals surface area contributed by atoms with Crippen molar-refractivity contribution in [2.45, 2.75) is 51.6 Å². The number of likely N-dealkylation sites (N-methyl/N-ethyl adjacent to an activating group) is 1. The normalized spacial score (nSPS) is 25.5. The van der Waals surface area contributed by atoms with Gasteiger partial charge in [-0.1, -0.05) is 36.8 Å². The molecule has 2 heteroatoms. The van der Waals surface area contributed by atoms with Crippen molar-refractivity contribution in [1.29, 1.82) is 0 Å². The van der Waals surface area contributed by atoms with E-state index in [1.807, 2.05) is 0 Å². The minimum absolute atomic E-state index is 0.360. The summed E-state index contributed by atoms with van der Waals surface area (Å²) in [4.78, 5) is 2.51. The maximum atomic E-state index is 6.05. The summed E-state index contributed by atoms with van der Waals surface area (Å²) in [6.07, 6.45) is 5.36. The van der Waals surface area contributed by atoms with Crippen LogP contribution in [0.15, 0.2) is 24.3 Å². The van der Waals surface area contributed by atoms with Crippen LogP contribution in [0.1, 0.15) is 49.8 Å². The van der Waals surface area contributed by atoms with Gasteiger partial charge in [-0.3, -0.25) is 4.90 Å². The van der Waals surface area contributed by atoms with Crippen molar-refractivity contribution >= 4 is 0 Å². The molecule has 2 N–H and O–H groups in total. The Morgan fingerprint density at radius 2 is 1.95 bits per heavy atom. The van der Waals surface area contributed by atoms with Crippen molar-refractivity contribution in [1.82, 2.24) is 4.90 Å². The van der Waals surface area contributed by atoms with Crippen LogP contribution in [-0.2, 0) is 0 Å². The van der Waals surface area contributed by atoms with Crippen LogP contribution in [0.4, 0.5) is 0 Å². The van der Waals surface area contributed by atoms with E-state index in [0.29, 0.717) is 18.6 Å². The number of rotatable bonds is 4. The molecule has 2 nitrogen and oxygen atoms in total. The number of nitrogens with zero attached hydrogens (tertiary/aromatic N) is 1. The summed E-state index contributed by atoms with van der Waals surface area (Å²) < 4.78 is 0. The lowest BCUT2D eigenvalue weighted by Gasteiger charge is -2.38. The lowest BCUT2D eigenvalue weighted by Crippen LogP contribution is -2.40. The first-order chi connectivity index (χ1) is 9.11. The first-order valence-electron chi connectivity index (χ1n) is 7.60. The molecule has 0 spiro atoms. The second kappa shape index (κ2) is 6.53. The summed E-state index contributed by atoms with van der Waals surface area (Å²) >= 11 is 0. The maximum absolute atomic E-state index is 6.05. The first kappa shape index (κ1) is 14.5. The van der Waals surface area contributed by atoms with Crippen molar-refractivity contribution in [3.05, 3.63) is 35.4 Å². The molecule has 2 rings (SSSR count). The minimum atomic E-state index is 0.360. The Kier molecular flexibility index (Phi) is 5.00. The van der Waals surface area contributed by atoms with Crippen LogP contribution >= 0.6 is 0 Å². The van der Waals surface area contributed by atoms with E-state index in [4.69, 9.17) is 5.73 Å². The summed E-state index contributed by atoms with van der Waals surface area (Å²) in [5, 5.41) is 0. The number of aryl methyl sites for hydroxylation is 1. The molecule has 1 unspecified atom stereocenters. The summed E-state index contributed by atoms with van der Waals surface area (Å²) in [7, 11) is 2.25. The predicted octanol–water partition coefficient (Wildman–Crippen LogP) is 3.51. The third-order valence-corrected chi connectivity index (χ3v) is 4.70. The van der Waals surface area contributed by atoms with E-state index in [2.05, 4.69) is 50.1 Å². The van der Waals surface area contributed by atoms with Crippen LogP contribution < -0.4 is 5.73 Å². The molecule has 1 aromatic carbocycles. The number of hydrogen-bond acceptors (Lipinski definition) is 2. The van der Waals surface area contributed by atoms with E-state index in [1.54, 1.807) is 0 Å². The topological polar surface area (TPSA) is 29.3 Å². The number of nitrogens with two attached hydrogens (primary N) is 1. The zero-order valence-electron chi connectivity index (χ0n) is 12.6. The van der Waals surface area contributed by atoms with Gasteiger partial charge < -0.3 is 5.73 Å². The molecule has 19 heavy (non-hydrogen) atoms. The van der Waals surface area contributed by atoms with Crippen molar-refractivity contribution < 1.29 is 0 Å². The van der Waals surface area contributed by atoms with Gasteiger partial charge in [-0.25, -0.2) is 0 Å². The molecule has 106 valence electrons. The second-order valence-electron chi connectivity index (χ2n) is 6.24. The highest BCUT2D eigenvalue weighted by molar-refractivity contribution is 5.25. The zero-order chi connectivity index (χ0) is 13.8. The zero-order valence-corrected chi connectivity index (χ0v) is 12.6. The Bertz CT molecular complexity index is 394. The van der Waals surface area contributed by atoms with Gasteiger partial charge in [-0.15, -0.1) is 0 Å². The highest BCUT2D eigenvalue weighted by atomic mass is 15.2. The Hall–Kier alpha value is -0.860. The molecule has 0 radical (unpaired) electrons. The monoisotopic (exact) mass is 260 g/mol. The Morgan fingerprint density at radius 3 is 2.53 bits per heavy atom. The molecule has 1 atom stereocenters. The standard InChI is InChI=1S/C17H28N2/c1-13-7-9-16(10-8-13)19(3)17(12-18)15-6-4-5-14(2)11-15/h4-6,11,13,16-17H,7-10,12,18H2,1-3H3. The van der Waals surface area contributed by atoms with Gasteiger partial charge in [0.05, 0.1) is 0 Å². The molecule has 0 bridgehead atoms. The van der Waals surface area contributed by atoms with Crippen LogP contribution in [0.25, 0.3) is 0 Å². The van der Waals surface area contributed by atoms with Crippen LogP contribution in [0.2, 0.25) is 0 Å². The van der Waals surface area contributed by atoms with Gasteiger partial charge in [0.2, 0.25) is 0 Å². The molecule has 1 aliphatic carbocycles. The van der Waals surface area contributed by atoms with E-state index in [9.17, 15) is 0 Å². The smallest absolute Gasteiger partial charge is 0.0470 e. The van der Waals surface area contributed by atoms with Gasteiger partial charge in [0, 0.05) is 18.6 Å². The molecule has 1 saturated carbocycles. The van der Waals surface area contributed by atoms with Gasteiger partial charge in [0.25, 0.3) is 0 Å². The van der Waals surface area contributed by atoms with Gasteiger partial charge >= 0.3 is 0 Å². The molecular formula is C17H28N2. The fourth-order valence-electron chi connectivity index (χ4n) is 3.32. The van der Waals surface area contributed by atoms with Crippen LogP contribution in [0.5, 0.6) is 0 Å². The largest absolute Gasteiger partial charge is 0.329 e. The molecule has 0 aromatic heterocycles. The quantitative estimate of drug-likeness (QED) is 0.897. The molecule has 0 aliphatic heterocycles. The third-order valence-electron chi connectivity index (χ3n) is 4.70. The average molecular weight is 260 g/mol. The van der Waals surface area contributed by atoms with Crippen molar-refractivity contribution in [2.75, 3.05) is 13.6 Å². The second-order valence-corrected chi connectivity index (χ2v) is 6.24. The summed E-state index contributed by atoms with van der Waals surface area (Å²) in [6, 6.07) is 9.85. The number of hydrogen-bond donors (Lipinski definition) is 1. The van der Waals surface area contributed by atoms with Crippen LogP contribution in [0, 0.1) is 12.8 Å². The Morgan fingerprint density at radius 1 is 1.26 bits per heavy atom. The van der Waals surface area contributed by atoms with E-state index in [1.165, 1.54) is 36.8 Å². The minimum Gasteiger partial charge on any atom is -0.329 e. The molecular weight excluding hydrogens is 232 g/mol. The van der Waals surface area contributed by atoms with E-state index in [0.717, 1.165) is 5.92 Å². The van der Waals surface area contributed by atoms with Crippen LogP contribution in [-0.4, -0.2) is 24.5 Å². The highest BCUT2D eigenvalue weighted by Crippen LogP contribution is 2.31. The van der Waals surface area contributed by atoms with E-state index < -0.39 is 0 Å². The lowest BCUT2D eigenvalue weighted by molar-refractivity contribution is 0.126. The number of benzene rings is 1. The maximum Gasteiger partial charge on any atom is 0.0470 e. The lowest BCUT2D eigenvalue weighted by atomic mass is 9.86. The molecule has 1 aromatic rings. The summed E-state index contributed by atoms with van der Waals surface area (Å²) in [6.45, 7) is 5.22. The Labute approximate surface area is 118 Å². The SMILES string of the molecule is Cc1cccc(C(CN)N(C)C2CCC(C)CC2)c1. The molecule has 1 aliphatic rings. The first-order valence-corrected chi connectivity index (χ1v) is 7.60. The fourth-order valence-corrected chi connectivity index (χ4v) is 3.32. The van der Waals surface area contributed by atoms with E-state index in [-0.39, 0.29) is 0 Å². The van der Waals surface area contributed by atoms with Gasteiger partial charge in [-0.05, 0) is 51.1 Å². The highest BCUT2D eigenvalue weighted by Gasteiger charge is 2.26. The van der Waals surface area contributed by atoms with Crippen molar-refractivity contribution in [3.63, 3.8) is 0 Å². The summed E-state index contributed by atoms with van der Waals surface area (Å²) in [5.41, 5.74) is 8.73. The molecule has 1 fully saturated rings. The van der Waals surface area contributed by atoms with Crippen molar-refractivity contribution in [2.24, 2.45) is 11.7 Å². The van der Waals surface area contributed by atoms with Gasteiger partial charge in [0.15, 0.2) is 0 Å². The average Bonchev–Trinajstić information content (AvgIpc) is 2.40. The predicted molar refractivity (Wildman–Crippen MR) is 82.2 cm³/mol. The van der Waals surface area contributed by atoms with Gasteiger partial charge in [0.1, 0.15) is 0 Å². The fraction of sp³-hybridized carbons (Fsp3) is 0.647. The van der Waals surface area contributed by atoms with Gasteiger partial charge in [-0.2, -0.15) is 0 Å². The molecule has 0 heterocycles. The Balaban J connectivity index is 2.08. The molecule has 0 saturated heterocycles. The third kappa shape index (κ3) is 3.58. The summed E-state index contributed by atoms with van der Waals surface area (Å²) in [5.74, 6) is 0.903. The van der Waals surface area contributed by atoms with Crippen molar-refractivity contribution in [3.8, 4) is 0 Å². The van der Waals surface area contributed by atoms with Crippen LogP contribution in [0.3, 0.4) is 0 Å².